The highest BCUT2D eigenvalue weighted by molar-refractivity contribution is 7.90. The minimum absolute atomic E-state index is 0.314. The molecule has 5 heteroatoms. The van der Waals surface area contributed by atoms with E-state index in [-0.39, 0.29) is 0 Å². The molecular weight excluding hydrogens is 308 g/mol. The van der Waals surface area contributed by atoms with E-state index in [9.17, 15) is 8.42 Å². The number of aryl methyl sites for hydroxylation is 2. The second kappa shape index (κ2) is 5.66. The molecule has 2 aromatic carbocycles. The smallest absolute Gasteiger partial charge is 0.175 e. The van der Waals surface area contributed by atoms with E-state index in [0.717, 1.165) is 22.4 Å². The molecule has 0 amide bonds. The van der Waals surface area contributed by atoms with Crippen LogP contribution in [0.25, 0.3) is 22.4 Å². The lowest BCUT2D eigenvalue weighted by Gasteiger charge is -2.08. The molecule has 3 aromatic rings. The Hall–Kier alpha value is -2.40. The van der Waals surface area contributed by atoms with Crippen molar-refractivity contribution in [2.45, 2.75) is 18.7 Å². The van der Waals surface area contributed by atoms with Gasteiger partial charge in [0.15, 0.2) is 9.84 Å². The molecule has 0 spiro atoms. The van der Waals surface area contributed by atoms with Crippen molar-refractivity contribution in [1.29, 1.82) is 0 Å². The average molecular weight is 326 g/mol. The molecule has 0 saturated heterocycles. The highest BCUT2D eigenvalue weighted by Crippen LogP contribution is 2.32. The second-order valence-corrected chi connectivity index (χ2v) is 7.79. The quantitative estimate of drug-likeness (QED) is 0.797. The lowest BCUT2D eigenvalue weighted by Crippen LogP contribution is -1.96. The van der Waals surface area contributed by atoms with Crippen molar-refractivity contribution in [1.82, 2.24) is 10.2 Å². The summed E-state index contributed by atoms with van der Waals surface area (Å²) in [7, 11) is -3.19. The highest BCUT2D eigenvalue weighted by Gasteiger charge is 2.13. The van der Waals surface area contributed by atoms with Crippen molar-refractivity contribution in [2.24, 2.45) is 0 Å². The van der Waals surface area contributed by atoms with Crippen LogP contribution < -0.4 is 0 Å². The number of H-pyrrole nitrogens is 1. The Bertz CT molecular complexity index is 955. The van der Waals surface area contributed by atoms with Crippen molar-refractivity contribution in [3.63, 3.8) is 0 Å². The Labute approximate surface area is 136 Å². The van der Waals surface area contributed by atoms with E-state index >= 15 is 0 Å². The maximum Gasteiger partial charge on any atom is 0.175 e. The van der Waals surface area contributed by atoms with Gasteiger partial charge in [0.25, 0.3) is 0 Å². The predicted molar refractivity (Wildman–Crippen MR) is 92.0 cm³/mol. The first-order valence-electron chi connectivity index (χ1n) is 7.28. The van der Waals surface area contributed by atoms with Gasteiger partial charge in [-0.3, -0.25) is 5.10 Å². The lowest BCUT2D eigenvalue weighted by atomic mass is 9.97. The van der Waals surface area contributed by atoms with Gasteiger partial charge in [-0.1, -0.05) is 35.9 Å². The van der Waals surface area contributed by atoms with Crippen molar-refractivity contribution in [3.05, 3.63) is 59.8 Å². The van der Waals surface area contributed by atoms with Crippen LogP contribution in [-0.4, -0.2) is 24.9 Å². The summed E-state index contributed by atoms with van der Waals surface area (Å²) >= 11 is 0. The van der Waals surface area contributed by atoms with Gasteiger partial charge < -0.3 is 0 Å². The number of aromatic amines is 1. The Morgan fingerprint density at radius 2 is 1.65 bits per heavy atom. The maximum atomic E-state index is 11.6. The van der Waals surface area contributed by atoms with Crippen molar-refractivity contribution in [3.8, 4) is 22.4 Å². The van der Waals surface area contributed by atoms with Crippen molar-refractivity contribution >= 4 is 9.84 Å². The van der Waals surface area contributed by atoms with E-state index in [0.29, 0.717) is 4.90 Å². The van der Waals surface area contributed by atoms with Gasteiger partial charge in [-0.05, 0) is 37.1 Å². The fraction of sp³-hybridized carbons (Fsp3) is 0.167. The summed E-state index contributed by atoms with van der Waals surface area (Å²) in [4.78, 5) is 0.314. The molecule has 0 radical (unpaired) electrons. The number of nitrogens with zero attached hydrogens (tertiary/aromatic N) is 1. The van der Waals surface area contributed by atoms with Gasteiger partial charge in [0.1, 0.15) is 0 Å². The van der Waals surface area contributed by atoms with Crippen LogP contribution in [0.15, 0.2) is 53.6 Å². The second-order valence-electron chi connectivity index (χ2n) is 5.77. The molecule has 4 nitrogen and oxygen atoms in total. The Kier molecular flexibility index (Phi) is 3.82. The maximum absolute atomic E-state index is 11.6. The number of benzene rings is 2. The molecule has 0 saturated carbocycles. The first-order valence-corrected chi connectivity index (χ1v) is 9.17. The fourth-order valence-corrected chi connectivity index (χ4v) is 3.33. The lowest BCUT2D eigenvalue weighted by molar-refractivity contribution is 0.602. The summed E-state index contributed by atoms with van der Waals surface area (Å²) in [6, 6.07) is 13.1. The van der Waals surface area contributed by atoms with Gasteiger partial charge in [-0.25, -0.2) is 8.42 Å². The Morgan fingerprint density at radius 1 is 0.957 bits per heavy atom. The number of nitrogens with one attached hydrogen (secondary N) is 1. The molecule has 0 aliphatic carbocycles. The van der Waals surface area contributed by atoms with Crippen LogP contribution in [0, 0.1) is 13.8 Å². The number of sulfone groups is 1. The molecule has 3 rings (SSSR count). The summed E-state index contributed by atoms with van der Waals surface area (Å²) in [6.45, 7) is 4.14. The summed E-state index contributed by atoms with van der Waals surface area (Å²) in [6.07, 6.45) is 3.01. The van der Waals surface area contributed by atoms with E-state index in [1.165, 1.54) is 17.4 Å². The van der Waals surface area contributed by atoms with E-state index in [4.69, 9.17) is 0 Å². The zero-order chi connectivity index (χ0) is 16.6. The molecular formula is C18H18N2O2S. The third kappa shape index (κ3) is 3.05. The largest absolute Gasteiger partial charge is 0.277 e. The monoisotopic (exact) mass is 326 g/mol. The zero-order valence-electron chi connectivity index (χ0n) is 13.3. The van der Waals surface area contributed by atoms with Crippen LogP contribution in [-0.2, 0) is 9.84 Å². The van der Waals surface area contributed by atoms with Crippen molar-refractivity contribution < 1.29 is 8.42 Å². The van der Waals surface area contributed by atoms with E-state index in [2.05, 4.69) is 42.2 Å². The minimum atomic E-state index is -3.19. The standard InChI is InChI=1S/C18H18N2O2S/c1-12-4-9-16(13(2)10-12)17-11-19-20-18(17)14-5-7-15(8-6-14)23(3,21)22/h4-11H,1-3H3,(H,19,20). The summed E-state index contributed by atoms with van der Waals surface area (Å²) in [5.74, 6) is 0. The number of rotatable bonds is 3. The van der Waals surface area contributed by atoms with Gasteiger partial charge in [-0.15, -0.1) is 0 Å². The molecule has 1 N–H and O–H groups in total. The van der Waals surface area contributed by atoms with Crippen LogP contribution >= 0.6 is 0 Å². The van der Waals surface area contributed by atoms with E-state index in [1.807, 2.05) is 0 Å². The van der Waals surface area contributed by atoms with E-state index < -0.39 is 9.84 Å². The van der Waals surface area contributed by atoms with Crippen LogP contribution in [0.1, 0.15) is 11.1 Å². The molecule has 1 aromatic heterocycles. The number of hydrogen-bond acceptors (Lipinski definition) is 3. The molecule has 118 valence electrons. The number of aromatic nitrogens is 2. The minimum Gasteiger partial charge on any atom is -0.277 e. The van der Waals surface area contributed by atoms with Crippen LogP contribution in [0.2, 0.25) is 0 Å². The molecule has 0 fully saturated rings. The number of hydrogen-bond donors (Lipinski definition) is 1. The van der Waals surface area contributed by atoms with Crippen LogP contribution in [0.5, 0.6) is 0 Å². The molecule has 0 aliphatic rings. The normalized spacial score (nSPS) is 11.6. The zero-order valence-corrected chi connectivity index (χ0v) is 14.1. The predicted octanol–water partition coefficient (Wildman–Crippen LogP) is 3.76. The van der Waals surface area contributed by atoms with Gasteiger partial charge in [0, 0.05) is 17.4 Å². The van der Waals surface area contributed by atoms with Gasteiger partial charge in [0.05, 0.1) is 16.8 Å². The van der Waals surface area contributed by atoms with Crippen molar-refractivity contribution in [2.75, 3.05) is 6.26 Å². The molecule has 0 unspecified atom stereocenters. The summed E-state index contributed by atoms with van der Waals surface area (Å²) in [5, 5.41) is 7.19. The summed E-state index contributed by atoms with van der Waals surface area (Å²) in [5.41, 5.74) is 6.32. The Balaban J connectivity index is 2.08. The van der Waals surface area contributed by atoms with Gasteiger partial charge >= 0.3 is 0 Å². The Morgan fingerprint density at radius 3 is 2.26 bits per heavy atom. The topological polar surface area (TPSA) is 62.8 Å². The van der Waals surface area contributed by atoms with Gasteiger partial charge in [-0.2, -0.15) is 5.10 Å². The van der Waals surface area contributed by atoms with Crippen LogP contribution in [0.4, 0.5) is 0 Å². The molecule has 0 atom stereocenters. The molecule has 1 heterocycles. The van der Waals surface area contributed by atoms with Crippen LogP contribution in [0.3, 0.4) is 0 Å². The fourth-order valence-electron chi connectivity index (χ4n) is 2.70. The van der Waals surface area contributed by atoms with E-state index in [1.54, 1.807) is 30.5 Å². The third-order valence-corrected chi connectivity index (χ3v) is 5.01. The molecule has 0 aliphatic heterocycles. The molecule has 23 heavy (non-hydrogen) atoms. The highest BCUT2D eigenvalue weighted by atomic mass is 32.2. The SMILES string of the molecule is Cc1ccc(-c2cn[nH]c2-c2ccc(S(C)(=O)=O)cc2)c(C)c1. The molecule has 0 bridgehead atoms. The third-order valence-electron chi connectivity index (χ3n) is 3.88. The first-order chi connectivity index (χ1) is 10.9. The first kappa shape index (κ1) is 15.5. The van der Waals surface area contributed by atoms with Gasteiger partial charge in [0.2, 0.25) is 0 Å². The average Bonchev–Trinajstić information content (AvgIpc) is 2.95. The summed E-state index contributed by atoms with van der Waals surface area (Å²) < 4.78 is 23.2.